The molecule has 1 fully saturated rings. The molecule has 2 rings (SSSR count). The van der Waals surface area contributed by atoms with E-state index in [0.29, 0.717) is 12.0 Å². The highest BCUT2D eigenvalue weighted by Crippen LogP contribution is 2.31. The van der Waals surface area contributed by atoms with E-state index in [0.717, 1.165) is 19.6 Å². The van der Waals surface area contributed by atoms with Gasteiger partial charge in [0.15, 0.2) is 0 Å². The molecule has 0 saturated heterocycles. The van der Waals surface area contributed by atoms with Gasteiger partial charge in [-0.2, -0.15) is 0 Å². The fourth-order valence-corrected chi connectivity index (χ4v) is 4.35. The van der Waals surface area contributed by atoms with Gasteiger partial charge in [0.05, 0.1) is 0 Å². The second kappa shape index (κ2) is 6.32. The molecule has 2 atom stereocenters. The molecule has 1 heterocycles. The van der Waals surface area contributed by atoms with E-state index in [4.69, 9.17) is 5.73 Å². The van der Waals surface area contributed by atoms with Crippen LogP contribution in [0.4, 0.5) is 0 Å². The zero-order valence-corrected chi connectivity index (χ0v) is 12.8. The molecule has 1 aliphatic rings. The Labute approximate surface area is 116 Å². The second-order valence-corrected chi connectivity index (χ2v) is 6.70. The quantitative estimate of drug-likeness (QED) is 0.901. The number of hydrogen-bond acceptors (Lipinski definition) is 3. The molecule has 1 aromatic rings. The maximum Gasteiger partial charge on any atom is 0.0331 e. The van der Waals surface area contributed by atoms with Gasteiger partial charge >= 0.3 is 0 Å². The first-order valence-electron chi connectivity index (χ1n) is 6.41. The van der Waals surface area contributed by atoms with Crippen molar-refractivity contribution in [2.75, 3.05) is 13.1 Å². The van der Waals surface area contributed by atoms with Crippen LogP contribution in [0.2, 0.25) is 0 Å². The van der Waals surface area contributed by atoms with Crippen LogP contribution in [0.5, 0.6) is 0 Å². The highest BCUT2D eigenvalue weighted by Gasteiger charge is 2.30. The predicted octanol–water partition coefficient (Wildman–Crippen LogP) is 3.46. The van der Waals surface area contributed by atoms with Crippen molar-refractivity contribution >= 4 is 27.3 Å². The van der Waals surface area contributed by atoms with Gasteiger partial charge in [0, 0.05) is 27.3 Å². The van der Waals surface area contributed by atoms with Gasteiger partial charge in [-0.25, -0.2) is 0 Å². The standard InChI is InChI=1S/C13H21BrN2S/c1-2-16(8-12-6-11(14)9-17-12)13-5-3-4-10(13)7-15/h6,9-10,13H,2-5,7-8,15H2,1H3. The molecule has 1 aliphatic carbocycles. The monoisotopic (exact) mass is 316 g/mol. The first-order valence-corrected chi connectivity index (χ1v) is 8.09. The van der Waals surface area contributed by atoms with Crippen LogP contribution >= 0.6 is 27.3 Å². The minimum absolute atomic E-state index is 0.700. The van der Waals surface area contributed by atoms with E-state index < -0.39 is 0 Å². The van der Waals surface area contributed by atoms with Gasteiger partial charge in [-0.1, -0.05) is 13.3 Å². The summed E-state index contributed by atoms with van der Waals surface area (Å²) >= 11 is 5.37. The van der Waals surface area contributed by atoms with E-state index in [9.17, 15) is 0 Å². The summed E-state index contributed by atoms with van der Waals surface area (Å²) in [6.07, 6.45) is 3.98. The van der Waals surface area contributed by atoms with Crippen molar-refractivity contribution in [2.24, 2.45) is 11.7 Å². The van der Waals surface area contributed by atoms with Gasteiger partial charge in [-0.05, 0) is 53.8 Å². The Bertz CT molecular complexity index is 353. The van der Waals surface area contributed by atoms with Crippen LogP contribution in [-0.2, 0) is 6.54 Å². The Morgan fingerprint density at radius 1 is 1.53 bits per heavy atom. The van der Waals surface area contributed by atoms with E-state index in [1.54, 1.807) is 0 Å². The van der Waals surface area contributed by atoms with Crippen LogP contribution in [0.15, 0.2) is 15.9 Å². The maximum absolute atomic E-state index is 5.88. The summed E-state index contributed by atoms with van der Waals surface area (Å²) in [6, 6.07) is 2.94. The number of thiophene rings is 1. The van der Waals surface area contributed by atoms with Crippen molar-refractivity contribution in [3.8, 4) is 0 Å². The fraction of sp³-hybridized carbons (Fsp3) is 0.692. The number of nitrogens with two attached hydrogens (primary N) is 1. The van der Waals surface area contributed by atoms with Crippen molar-refractivity contribution in [3.63, 3.8) is 0 Å². The minimum atomic E-state index is 0.700. The zero-order chi connectivity index (χ0) is 12.3. The average Bonchev–Trinajstić information content (AvgIpc) is 2.94. The molecule has 0 aliphatic heterocycles. The third kappa shape index (κ3) is 3.31. The number of halogens is 1. The van der Waals surface area contributed by atoms with Gasteiger partial charge < -0.3 is 5.73 Å². The molecule has 0 spiro atoms. The van der Waals surface area contributed by atoms with Crippen molar-refractivity contribution < 1.29 is 0 Å². The highest BCUT2D eigenvalue weighted by atomic mass is 79.9. The lowest BCUT2D eigenvalue weighted by Crippen LogP contribution is -2.39. The number of hydrogen-bond donors (Lipinski definition) is 1. The number of nitrogens with zero attached hydrogens (tertiary/aromatic N) is 1. The predicted molar refractivity (Wildman–Crippen MR) is 78.3 cm³/mol. The summed E-state index contributed by atoms with van der Waals surface area (Å²) in [5, 5.41) is 2.16. The van der Waals surface area contributed by atoms with E-state index >= 15 is 0 Å². The van der Waals surface area contributed by atoms with Gasteiger partial charge in [-0.15, -0.1) is 11.3 Å². The maximum atomic E-state index is 5.88. The molecule has 1 aromatic heterocycles. The minimum Gasteiger partial charge on any atom is -0.330 e. The third-order valence-corrected chi connectivity index (χ3v) is 5.46. The van der Waals surface area contributed by atoms with Crippen molar-refractivity contribution in [3.05, 3.63) is 20.8 Å². The van der Waals surface area contributed by atoms with Crippen LogP contribution in [0.1, 0.15) is 31.1 Å². The summed E-state index contributed by atoms with van der Waals surface area (Å²) in [5.41, 5.74) is 5.88. The third-order valence-electron chi connectivity index (χ3n) is 3.78. The van der Waals surface area contributed by atoms with E-state index in [1.807, 2.05) is 11.3 Å². The molecule has 96 valence electrons. The largest absolute Gasteiger partial charge is 0.330 e. The van der Waals surface area contributed by atoms with E-state index in [2.05, 4.69) is 39.2 Å². The van der Waals surface area contributed by atoms with Crippen LogP contribution in [0, 0.1) is 5.92 Å². The van der Waals surface area contributed by atoms with Crippen molar-refractivity contribution in [2.45, 2.75) is 38.8 Å². The molecular weight excluding hydrogens is 296 g/mol. The van der Waals surface area contributed by atoms with Gasteiger partial charge in [0.2, 0.25) is 0 Å². The Balaban J connectivity index is 2.00. The van der Waals surface area contributed by atoms with Gasteiger partial charge in [0.1, 0.15) is 0 Å². The first-order chi connectivity index (χ1) is 8.24. The van der Waals surface area contributed by atoms with Gasteiger partial charge in [-0.3, -0.25) is 4.90 Å². The topological polar surface area (TPSA) is 29.3 Å². The molecule has 0 amide bonds. The molecule has 2 N–H and O–H groups in total. The molecule has 2 nitrogen and oxygen atoms in total. The summed E-state index contributed by atoms with van der Waals surface area (Å²) in [4.78, 5) is 4.05. The smallest absolute Gasteiger partial charge is 0.0331 e. The average molecular weight is 317 g/mol. The Morgan fingerprint density at radius 2 is 2.35 bits per heavy atom. The lowest BCUT2D eigenvalue weighted by atomic mass is 10.0. The summed E-state index contributed by atoms with van der Waals surface area (Å²) < 4.78 is 1.20. The molecule has 17 heavy (non-hydrogen) atoms. The fourth-order valence-electron chi connectivity index (χ4n) is 2.87. The highest BCUT2D eigenvalue weighted by molar-refractivity contribution is 9.10. The molecular formula is C13H21BrN2S. The Kier molecular flexibility index (Phi) is 5.03. The molecule has 0 radical (unpaired) electrons. The van der Waals surface area contributed by atoms with Crippen LogP contribution in [0.3, 0.4) is 0 Å². The van der Waals surface area contributed by atoms with Gasteiger partial charge in [0.25, 0.3) is 0 Å². The van der Waals surface area contributed by atoms with E-state index in [-0.39, 0.29) is 0 Å². The summed E-state index contributed by atoms with van der Waals surface area (Å²) in [6.45, 7) is 5.30. The zero-order valence-electron chi connectivity index (χ0n) is 10.4. The number of rotatable bonds is 5. The lowest BCUT2D eigenvalue weighted by Gasteiger charge is -2.31. The second-order valence-electron chi connectivity index (χ2n) is 4.79. The van der Waals surface area contributed by atoms with Crippen molar-refractivity contribution in [1.29, 1.82) is 0 Å². The lowest BCUT2D eigenvalue weighted by molar-refractivity contribution is 0.163. The van der Waals surface area contributed by atoms with Crippen LogP contribution < -0.4 is 5.73 Å². The first kappa shape index (κ1) is 13.5. The normalized spacial score (nSPS) is 24.7. The molecule has 0 aromatic carbocycles. The Hall–Kier alpha value is 0.1000. The summed E-state index contributed by atoms with van der Waals surface area (Å²) in [5.74, 6) is 0.707. The van der Waals surface area contributed by atoms with Crippen LogP contribution in [0.25, 0.3) is 0 Å². The molecule has 4 heteroatoms. The van der Waals surface area contributed by atoms with E-state index in [1.165, 1.54) is 28.6 Å². The van der Waals surface area contributed by atoms with Crippen LogP contribution in [-0.4, -0.2) is 24.0 Å². The molecule has 1 saturated carbocycles. The summed E-state index contributed by atoms with van der Waals surface area (Å²) in [7, 11) is 0. The SMILES string of the molecule is CCN(Cc1cc(Br)cs1)C1CCCC1CN. The Morgan fingerprint density at radius 3 is 2.94 bits per heavy atom. The molecule has 0 bridgehead atoms. The van der Waals surface area contributed by atoms with Crippen molar-refractivity contribution in [1.82, 2.24) is 4.90 Å². The molecule has 2 unspecified atom stereocenters.